The molecule has 1 saturated carbocycles. The molecule has 1 aliphatic carbocycles. The first kappa shape index (κ1) is 12.8. The first-order valence-electron chi connectivity index (χ1n) is 6.78. The Morgan fingerprint density at radius 1 is 1.30 bits per heavy atom. The van der Waals surface area contributed by atoms with Gasteiger partial charge in [-0.05, 0) is 44.7 Å². The third kappa shape index (κ3) is 2.19. The molecule has 3 rings (SSSR count). The average molecular weight is 271 g/mol. The highest BCUT2D eigenvalue weighted by Crippen LogP contribution is 2.42. The number of nitro groups is 1. The Hall–Kier alpha value is -2.17. The highest BCUT2D eigenvalue weighted by Gasteiger charge is 2.37. The van der Waals surface area contributed by atoms with Crippen molar-refractivity contribution in [1.29, 1.82) is 0 Å². The number of benzene rings is 1. The van der Waals surface area contributed by atoms with Gasteiger partial charge in [-0.3, -0.25) is 15.1 Å². The zero-order valence-electron chi connectivity index (χ0n) is 11.6. The van der Waals surface area contributed by atoms with Gasteiger partial charge in [-0.15, -0.1) is 0 Å². The van der Waals surface area contributed by atoms with Crippen molar-refractivity contribution >= 4 is 22.1 Å². The molecular formula is C15H17N3O2. The van der Waals surface area contributed by atoms with E-state index in [1.165, 1.54) is 12.8 Å². The van der Waals surface area contributed by atoms with Crippen LogP contribution >= 0.6 is 0 Å². The van der Waals surface area contributed by atoms with Gasteiger partial charge in [0.15, 0.2) is 0 Å². The van der Waals surface area contributed by atoms with Gasteiger partial charge in [0.2, 0.25) is 0 Å². The number of aromatic nitrogens is 1. The molecule has 5 heteroatoms. The van der Waals surface area contributed by atoms with Crippen LogP contribution in [0.2, 0.25) is 0 Å². The molecular weight excluding hydrogens is 254 g/mol. The van der Waals surface area contributed by atoms with Crippen LogP contribution in [0.5, 0.6) is 0 Å². The summed E-state index contributed by atoms with van der Waals surface area (Å²) in [5.41, 5.74) is 1.04. The molecule has 0 saturated heterocycles. The first-order valence-corrected chi connectivity index (χ1v) is 6.78. The average Bonchev–Trinajstić information content (AvgIpc) is 3.23. The highest BCUT2D eigenvalue weighted by molar-refractivity contribution is 5.99. The van der Waals surface area contributed by atoms with E-state index in [1.54, 1.807) is 24.5 Å². The summed E-state index contributed by atoms with van der Waals surface area (Å²) >= 11 is 0. The van der Waals surface area contributed by atoms with Crippen molar-refractivity contribution in [2.45, 2.75) is 32.2 Å². The molecule has 0 bridgehead atoms. The Kier molecular flexibility index (Phi) is 2.85. The van der Waals surface area contributed by atoms with Gasteiger partial charge >= 0.3 is 0 Å². The quantitative estimate of drug-likeness (QED) is 0.679. The molecule has 1 fully saturated rings. The maximum absolute atomic E-state index is 11.1. The molecule has 1 aromatic heterocycles. The van der Waals surface area contributed by atoms with E-state index in [0.29, 0.717) is 11.3 Å². The lowest BCUT2D eigenvalue weighted by Crippen LogP contribution is -2.33. The Morgan fingerprint density at radius 3 is 2.70 bits per heavy atom. The molecule has 1 heterocycles. The number of nitrogens with one attached hydrogen (secondary N) is 1. The van der Waals surface area contributed by atoms with Crippen LogP contribution in [0.25, 0.3) is 10.8 Å². The molecule has 104 valence electrons. The SMILES string of the molecule is CC(C)(Nc1ccc([N+](=O)[O-])c2cnccc12)C1CC1. The molecule has 0 radical (unpaired) electrons. The molecule has 0 atom stereocenters. The third-order valence-corrected chi connectivity index (χ3v) is 4.05. The lowest BCUT2D eigenvalue weighted by molar-refractivity contribution is -0.383. The predicted molar refractivity (Wildman–Crippen MR) is 78.8 cm³/mol. The standard InChI is InChI=1S/C15H17N3O2/c1-15(2,10-3-4-10)17-13-5-6-14(18(19)20)12-9-16-8-7-11(12)13/h5-10,17H,3-4H2,1-2H3. The Balaban J connectivity index is 2.08. The second-order valence-electron chi connectivity index (χ2n) is 5.93. The molecule has 0 amide bonds. The minimum Gasteiger partial charge on any atom is -0.379 e. The number of hydrogen-bond acceptors (Lipinski definition) is 4. The summed E-state index contributed by atoms with van der Waals surface area (Å²) in [6, 6.07) is 5.17. The van der Waals surface area contributed by atoms with Gasteiger partial charge in [0.25, 0.3) is 5.69 Å². The summed E-state index contributed by atoms with van der Waals surface area (Å²) in [5, 5.41) is 16.1. The zero-order chi connectivity index (χ0) is 14.3. The molecule has 0 spiro atoms. The smallest absolute Gasteiger partial charge is 0.278 e. The Bertz CT molecular complexity index is 678. The summed E-state index contributed by atoms with van der Waals surface area (Å²) in [7, 11) is 0. The summed E-state index contributed by atoms with van der Waals surface area (Å²) in [5.74, 6) is 0.676. The summed E-state index contributed by atoms with van der Waals surface area (Å²) in [4.78, 5) is 14.7. The van der Waals surface area contributed by atoms with E-state index >= 15 is 0 Å². The topological polar surface area (TPSA) is 68.1 Å². The van der Waals surface area contributed by atoms with Gasteiger partial charge in [-0.1, -0.05) is 0 Å². The summed E-state index contributed by atoms with van der Waals surface area (Å²) in [6.07, 6.45) is 5.71. The van der Waals surface area contributed by atoms with Gasteiger partial charge in [0.1, 0.15) is 0 Å². The highest BCUT2D eigenvalue weighted by atomic mass is 16.6. The van der Waals surface area contributed by atoms with Crippen LogP contribution in [0.4, 0.5) is 11.4 Å². The van der Waals surface area contributed by atoms with Gasteiger partial charge in [-0.2, -0.15) is 0 Å². The van der Waals surface area contributed by atoms with Crippen molar-refractivity contribution in [1.82, 2.24) is 4.98 Å². The van der Waals surface area contributed by atoms with Crippen molar-refractivity contribution in [3.63, 3.8) is 0 Å². The van der Waals surface area contributed by atoms with Crippen LogP contribution in [-0.4, -0.2) is 15.4 Å². The van der Waals surface area contributed by atoms with E-state index in [2.05, 4.69) is 24.1 Å². The van der Waals surface area contributed by atoms with Gasteiger partial charge in [0, 0.05) is 35.1 Å². The zero-order valence-corrected chi connectivity index (χ0v) is 11.6. The van der Waals surface area contributed by atoms with E-state index in [9.17, 15) is 10.1 Å². The lowest BCUT2D eigenvalue weighted by Gasteiger charge is -2.28. The number of fused-ring (bicyclic) bond motifs is 1. The minimum absolute atomic E-state index is 0.00628. The largest absolute Gasteiger partial charge is 0.379 e. The lowest BCUT2D eigenvalue weighted by atomic mass is 9.97. The van der Waals surface area contributed by atoms with Crippen molar-refractivity contribution in [2.75, 3.05) is 5.32 Å². The Morgan fingerprint density at radius 2 is 2.05 bits per heavy atom. The second-order valence-corrected chi connectivity index (χ2v) is 5.93. The van der Waals surface area contributed by atoms with Crippen LogP contribution in [0, 0.1) is 16.0 Å². The molecule has 0 aliphatic heterocycles. The van der Waals surface area contributed by atoms with Crippen LogP contribution < -0.4 is 5.32 Å². The van der Waals surface area contributed by atoms with Crippen molar-refractivity contribution < 1.29 is 4.92 Å². The van der Waals surface area contributed by atoms with Crippen molar-refractivity contribution in [2.24, 2.45) is 5.92 Å². The minimum atomic E-state index is -0.361. The monoisotopic (exact) mass is 271 g/mol. The fourth-order valence-corrected chi connectivity index (χ4v) is 2.70. The maximum atomic E-state index is 11.1. The molecule has 0 unspecified atom stereocenters. The van der Waals surface area contributed by atoms with Gasteiger partial charge in [-0.25, -0.2) is 0 Å². The number of rotatable bonds is 4. The van der Waals surface area contributed by atoms with E-state index in [1.807, 2.05) is 6.07 Å². The van der Waals surface area contributed by atoms with Crippen molar-refractivity contribution in [3.05, 3.63) is 40.7 Å². The number of hydrogen-bond donors (Lipinski definition) is 1. The fraction of sp³-hybridized carbons (Fsp3) is 0.400. The second kappa shape index (κ2) is 4.44. The van der Waals surface area contributed by atoms with Gasteiger partial charge in [0.05, 0.1) is 10.3 Å². The number of nitrogens with zero attached hydrogens (tertiary/aromatic N) is 2. The number of nitro benzene ring substituents is 1. The molecule has 2 aromatic rings. The molecule has 1 N–H and O–H groups in total. The third-order valence-electron chi connectivity index (χ3n) is 4.05. The maximum Gasteiger partial charge on any atom is 0.278 e. The summed E-state index contributed by atoms with van der Waals surface area (Å²) < 4.78 is 0. The van der Waals surface area contributed by atoms with E-state index in [4.69, 9.17) is 0 Å². The van der Waals surface area contributed by atoms with Crippen LogP contribution in [-0.2, 0) is 0 Å². The van der Waals surface area contributed by atoms with Crippen LogP contribution in [0.3, 0.4) is 0 Å². The van der Waals surface area contributed by atoms with Gasteiger partial charge < -0.3 is 5.32 Å². The fourth-order valence-electron chi connectivity index (χ4n) is 2.70. The summed E-state index contributed by atoms with van der Waals surface area (Å²) in [6.45, 7) is 4.36. The number of non-ortho nitro benzene ring substituents is 1. The first-order chi connectivity index (χ1) is 9.49. The normalized spacial score (nSPS) is 15.3. The van der Waals surface area contributed by atoms with E-state index in [0.717, 1.165) is 11.1 Å². The molecule has 20 heavy (non-hydrogen) atoms. The van der Waals surface area contributed by atoms with Crippen molar-refractivity contribution in [3.8, 4) is 0 Å². The van der Waals surface area contributed by atoms with E-state index in [-0.39, 0.29) is 16.1 Å². The molecule has 1 aromatic carbocycles. The van der Waals surface area contributed by atoms with Crippen LogP contribution in [0.1, 0.15) is 26.7 Å². The molecule has 1 aliphatic rings. The molecule has 5 nitrogen and oxygen atoms in total. The number of pyridine rings is 1. The van der Waals surface area contributed by atoms with E-state index < -0.39 is 0 Å². The number of anilines is 1. The predicted octanol–water partition coefficient (Wildman–Crippen LogP) is 3.74. The van der Waals surface area contributed by atoms with Crippen LogP contribution in [0.15, 0.2) is 30.6 Å². The Labute approximate surface area is 117 Å².